The smallest absolute Gasteiger partial charge is 0.166 e. The van der Waals surface area contributed by atoms with Crippen LogP contribution in [0.15, 0.2) is 23.4 Å². The molecule has 0 spiro atoms. The number of imidazole rings is 1. The molecule has 1 aliphatic rings. The van der Waals surface area contributed by atoms with Crippen molar-refractivity contribution < 1.29 is 9.84 Å². The third-order valence-corrected chi connectivity index (χ3v) is 5.05. The topological polar surface area (TPSA) is 84.2 Å². The Labute approximate surface area is 128 Å². The van der Waals surface area contributed by atoms with Gasteiger partial charge in [-0.1, -0.05) is 11.8 Å². The third kappa shape index (κ3) is 3.17. The molecule has 5 nitrogen and oxygen atoms in total. The van der Waals surface area contributed by atoms with Crippen molar-refractivity contribution >= 4 is 22.8 Å². The number of rotatable bonds is 7. The zero-order chi connectivity index (χ0) is 14.9. The predicted octanol–water partition coefficient (Wildman–Crippen LogP) is 2.15. The highest BCUT2D eigenvalue weighted by molar-refractivity contribution is 7.99. The molecule has 4 N–H and O–H groups in total. The lowest BCUT2D eigenvalue weighted by Gasteiger charge is -2.26. The van der Waals surface area contributed by atoms with Crippen LogP contribution in [0.1, 0.15) is 19.8 Å². The van der Waals surface area contributed by atoms with E-state index in [9.17, 15) is 5.11 Å². The summed E-state index contributed by atoms with van der Waals surface area (Å²) in [6, 6.07) is 5.83. The Hall–Kier alpha value is -1.24. The molecule has 1 saturated carbocycles. The minimum atomic E-state index is -0.486. The van der Waals surface area contributed by atoms with Gasteiger partial charge in [0.25, 0.3) is 0 Å². The van der Waals surface area contributed by atoms with Crippen molar-refractivity contribution in [3.8, 4) is 5.75 Å². The molecule has 1 aromatic carbocycles. The van der Waals surface area contributed by atoms with Crippen LogP contribution in [0.3, 0.4) is 0 Å². The fourth-order valence-electron chi connectivity index (χ4n) is 2.44. The van der Waals surface area contributed by atoms with Crippen molar-refractivity contribution in [1.82, 2.24) is 9.97 Å². The van der Waals surface area contributed by atoms with Gasteiger partial charge in [-0.3, -0.25) is 0 Å². The molecule has 0 bridgehead atoms. The number of aromatic amines is 1. The number of thioether (sulfide) groups is 1. The van der Waals surface area contributed by atoms with Gasteiger partial charge in [-0.25, -0.2) is 4.98 Å². The molecule has 1 fully saturated rings. The summed E-state index contributed by atoms with van der Waals surface area (Å²) < 4.78 is 5.49. The number of aliphatic hydroxyl groups is 1. The molecule has 1 aliphatic carbocycles. The van der Waals surface area contributed by atoms with Crippen molar-refractivity contribution in [2.24, 2.45) is 11.7 Å². The van der Waals surface area contributed by atoms with Crippen molar-refractivity contribution in [3.05, 3.63) is 18.2 Å². The molecule has 0 aliphatic heterocycles. The summed E-state index contributed by atoms with van der Waals surface area (Å²) >= 11 is 1.57. The Kier molecular flexibility index (Phi) is 4.10. The van der Waals surface area contributed by atoms with Crippen LogP contribution in [0.2, 0.25) is 0 Å². The van der Waals surface area contributed by atoms with Crippen LogP contribution >= 0.6 is 11.8 Å². The summed E-state index contributed by atoms with van der Waals surface area (Å²) in [5, 5.41) is 10.4. The van der Waals surface area contributed by atoms with Crippen LogP contribution in [0, 0.1) is 5.92 Å². The number of hydrogen-bond acceptors (Lipinski definition) is 5. The number of nitrogens with two attached hydrogens (primary N) is 1. The Morgan fingerprint density at radius 2 is 2.33 bits per heavy atom. The van der Waals surface area contributed by atoms with Gasteiger partial charge in [-0.05, 0) is 37.8 Å². The summed E-state index contributed by atoms with van der Waals surface area (Å²) in [4.78, 5) is 7.83. The highest BCUT2D eigenvalue weighted by atomic mass is 32.2. The second-order valence-electron chi connectivity index (χ2n) is 5.61. The van der Waals surface area contributed by atoms with E-state index >= 15 is 0 Å². The summed E-state index contributed by atoms with van der Waals surface area (Å²) in [6.45, 7) is 2.64. The van der Waals surface area contributed by atoms with Crippen LogP contribution in [0.25, 0.3) is 11.0 Å². The molecule has 0 radical (unpaired) electrons. The standard InChI is InChI=1S/C15H21N3O2S/c1-2-20-11-5-6-12-13(7-11)18-14(17-12)21-9-15(16,8-19)10-3-4-10/h5-7,10,19H,2-4,8-9,16H2,1H3,(H,17,18). The van der Waals surface area contributed by atoms with Crippen LogP contribution in [0.5, 0.6) is 5.75 Å². The average Bonchev–Trinajstić information content (AvgIpc) is 3.26. The van der Waals surface area contributed by atoms with Crippen LogP contribution < -0.4 is 10.5 Å². The Morgan fingerprint density at radius 1 is 1.52 bits per heavy atom. The number of nitrogens with one attached hydrogen (secondary N) is 1. The molecule has 3 rings (SSSR count). The first-order valence-corrected chi connectivity index (χ1v) is 8.28. The maximum Gasteiger partial charge on any atom is 0.166 e. The second-order valence-corrected chi connectivity index (χ2v) is 6.57. The first-order valence-electron chi connectivity index (χ1n) is 7.30. The highest BCUT2D eigenvalue weighted by Crippen LogP contribution is 2.40. The van der Waals surface area contributed by atoms with Crippen molar-refractivity contribution in [2.45, 2.75) is 30.5 Å². The van der Waals surface area contributed by atoms with E-state index in [1.165, 1.54) is 0 Å². The number of H-pyrrole nitrogens is 1. The minimum Gasteiger partial charge on any atom is -0.494 e. The molecule has 6 heteroatoms. The van der Waals surface area contributed by atoms with Crippen molar-refractivity contribution in [3.63, 3.8) is 0 Å². The van der Waals surface area contributed by atoms with Gasteiger partial charge >= 0.3 is 0 Å². The van der Waals surface area contributed by atoms with Crippen LogP contribution in [0.4, 0.5) is 0 Å². The average molecular weight is 307 g/mol. The van der Waals surface area contributed by atoms with Gasteiger partial charge in [-0.15, -0.1) is 0 Å². The highest BCUT2D eigenvalue weighted by Gasteiger charge is 2.41. The molecule has 1 atom stereocenters. The maximum atomic E-state index is 9.52. The number of aromatic nitrogens is 2. The summed E-state index contributed by atoms with van der Waals surface area (Å²) in [6.07, 6.45) is 2.24. The molecule has 1 heterocycles. The molecular formula is C15H21N3O2S. The first kappa shape index (κ1) is 14.7. The fourth-order valence-corrected chi connectivity index (χ4v) is 3.52. The van der Waals surface area contributed by atoms with E-state index in [0.717, 1.165) is 34.8 Å². The van der Waals surface area contributed by atoms with E-state index < -0.39 is 5.54 Å². The largest absolute Gasteiger partial charge is 0.494 e. The van der Waals surface area contributed by atoms with E-state index in [4.69, 9.17) is 10.5 Å². The lowest BCUT2D eigenvalue weighted by Crippen LogP contribution is -2.48. The number of benzene rings is 1. The van der Waals surface area contributed by atoms with E-state index in [1.54, 1.807) is 11.8 Å². The van der Waals surface area contributed by atoms with Crippen molar-refractivity contribution in [1.29, 1.82) is 0 Å². The van der Waals surface area contributed by atoms with Gasteiger partial charge in [-0.2, -0.15) is 0 Å². The first-order chi connectivity index (χ1) is 10.1. The van der Waals surface area contributed by atoms with Gasteiger partial charge in [0.1, 0.15) is 5.75 Å². The Bertz CT molecular complexity index is 626. The van der Waals surface area contributed by atoms with Crippen molar-refractivity contribution in [2.75, 3.05) is 19.0 Å². The number of ether oxygens (including phenoxy) is 1. The number of hydrogen-bond donors (Lipinski definition) is 3. The fraction of sp³-hybridized carbons (Fsp3) is 0.533. The minimum absolute atomic E-state index is 0.0272. The zero-order valence-electron chi connectivity index (χ0n) is 12.1. The van der Waals surface area contributed by atoms with Gasteiger partial charge in [0.15, 0.2) is 5.16 Å². The maximum absolute atomic E-state index is 9.52. The summed E-state index contributed by atoms with van der Waals surface area (Å²) in [5.41, 5.74) is 7.67. The molecule has 0 saturated heterocycles. The number of nitrogens with zero attached hydrogens (tertiary/aromatic N) is 1. The van der Waals surface area contributed by atoms with Gasteiger partial charge in [0.2, 0.25) is 0 Å². The Morgan fingerprint density at radius 3 is 3.00 bits per heavy atom. The predicted molar refractivity (Wildman–Crippen MR) is 84.7 cm³/mol. The normalized spacial score (nSPS) is 17.9. The van der Waals surface area contributed by atoms with E-state index in [-0.39, 0.29) is 6.61 Å². The van der Waals surface area contributed by atoms with Crippen LogP contribution in [-0.4, -0.2) is 39.6 Å². The number of fused-ring (bicyclic) bond motifs is 1. The quantitative estimate of drug-likeness (QED) is 0.683. The van der Waals surface area contributed by atoms with Crippen LogP contribution in [-0.2, 0) is 0 Å². The monoisotopic (exact) mass is 307 g/mol. The SMILES string of the molecule is CCOc1ccc2nc(SCC(N)(CO)C3CC3)[nH]c2c1. The molecule has 21 heavy (non-hydrogen) atoms. The lowest BCUT2D eigenvalue weighted by molar-refractivity contribution is 0.194. The zero-order valence-corrected chi connectivity index (χ0v) is 12.9. The van der Waals surface area contributed by atoms with Gasteiger partial charge in [0, 0.05) is 11.8 Å². The third-order valence-electron chi connectivity index (χ3n) is 3.91. The van der Waals surface area contributed by atoms with E-state index in [0.29, 0.717) is 18.3 Å². The lowest BCUT2D eigenvalue weighted by atomic mass is 9.99. The number of aliphatic hydroxyl groups excluding tert-OH is 1. The summed E-state index contributed by atoms with van der Waals surface area (Å²) in [5.74, 6) is 1.96. The molecular weight excluding hydrogens is 286 g/mol. The molecule has 1 aromatic heterocycles. The molecule has 114 valence electrons. The van der Waals surface area contributed by atoms with Gasteiger partial charge < -0.3 is 20.6 Å². The van der Waals surface area contributed by atoms with E-state index in [2.05, 4.69) is 9.97 Å². The summed E-state index contributed by atoms with van der Waals surface area (Å²) in [7, 11) is 0. The molecule has 0 amide bonds. The Balaban J connectivity index is 1.72. The molecule has 1 unspecified atom stereocenters. The molecule has 2 aromatic rings. The van der Waals surface area contributed by atoms with E-state index in [1.807, 2.05) is 25.1 Å². The van der Waals surface area contributed by atoms with Gasteiger partial charge in [0.05, 0.1) is 29.8 Å². The second kappa shape index (κ2) is 5.87.